The number of nitrogens with zero attached hydrogens (tertiary/aromatic N) is 1. The molecule has 0 saturated carbocycles. The minimum absolute atomic E-state index is 0.00838. The van der Waals surface area contributed by atoms with Crippen molar-refractivity contribution in [2.75, 3.05) is 26.4 Å². The highest BCUT2D eigenvalue weighted by atomic mass is 32.2. The van der Waals surface area contributed by atoms with E-state index in [1.54, 1.807) is 32.5 Å². The van der Waals surface area contributed by atoms with Crippen LogP contribution in [0, 0.1) is 19.8 Å². The van der Waals surface area contributed by atoms with Crippen LogP contribution in [0.4, 0.5) is 0 Å². The van der Waals surface area contributed by atoms with Crippen LogP contribution in [0.3, 0.4) is 0 Å². The number of likely N-dealkylation sites (tertiary alicyclic amines) is 1. The van der Waals surface area contributed by atoms with Gasteiger partial charge in [-0.3, -0.25) is 9.59 Å². The second-order valence-electron chi connectivity index (χ2n) is 9.18. The summed E-state index contributed by atoms with van der Waals surface area (Å²) in [5.74, 6) is 1.00. The highest BCUT2D eigenvalue weighted by Gasteiger charge is 2.38. The van der Waals surface area contributed by atoms with Gasteiger partial charge in [0.05, 0.1) is 0 Å². The van der Waals surface area contributed by atoms with Crippen LogP contribution in [0.15, 0.2) is 41.3 Å². The first-order chi connectivity index (χ1) is 14.5. The van der Waals surface area contributed by atoms with E-state index in [4.69, 9.17) is 4.74 Å². The average molecular weight is 440 g/mol. The zero-order chi connectivity index (χ0) is 22.9. The molecular formula is C26H33NO3S. The molecule has 0 radical (unpaired) electrons. The second kappa shape index (κ2) is 9.17. The lowest BCUT2D eigenvalue weighted by molar-refractivity contribution is -0.129. The molecule has 2 atom stereocenters. The number of rotatable bonds is 7. The summed E-state index contributed by atoms with van der Waals surface area (Å²) in [5.41, 5.74) is 3.06. The molecule has 2 aromatic rings. The summed E-state index contributed by atoms with van der Waals surface area (Å²) < 4.78 is 6.10. The van der Waals surface area contributed by atoms with E-state index in [0.717, 1.165) is 46.0 Å². The highest BCUT2D eigenvalue weighted by molar-refractivity contribution is 7.98. The van der Waals surface area contributed by atoms with Gasteiger partial charge in [0, 0.05) is 35.4 Å². The van der Waals surface area contributed by atoms with Gasteiger partial charge in [-0.2, -0.15) is 0 Å². The number of likely N-dealkylation sites (N-methyl/N-ethyl adjacent to an activating group) is 1. The van der Waals surface area contributed by atoms with Crippen molar-refractivity contribution in [3.05, 3.63) is 58.7 Å². The zero-order valence-corrected chi connectivity index (χ0v) is 20.4. The quantitative estimate of drug-likeness (QED) is 0.433. The lowest BCUT2D eigenvalue weighted by atomic mass is 9.82. The van der Waals surface area contributed by atoms with Crippen molar-refractivity contribution >= 4 is 23.3 Å². The van der Waals surface area contributed by atoms with Gasteiger partial charge < -0.3 is 9.64 Å². The Balaban J connectivity index is 1.91. The summed E-state index contributed by atoms with van der Waals surface area (Å²) in [7, 11) is 2.07. The molecule has 0 aliphatic carbocycles. The van der Waals surface area contributed by atoms with Crippen LogP contribution in [-0.4, -0.2) is 48.5 Å². The summed E-state index contributed by atoms with van der Waals surface area (Å²) in [6, 6.07) is 12.2. The van der Waals surface area contributed by atoms with Crippen molar-refractivity contribution in [2.24, 2.45) is 5.92 Å². The summed E-state index contributed by atoms with van der Waals surface area (Å²) >= 11 is 1.68. The Labute approximate surface area is 190 Å². The highest BCUT2D eigenvalue weighted by Crippen LogP contribution is 2.38. The van der Waals surface area contributed by atoms with E-state index in [1.165, 1.54) is 0 Å². The van der Waals surface area contributed by atoms with Gasteiger partial charge >= 0.3 is 0 Å². The molecule has 1 saturated heterocycles. The molecule has 4 nitrogen and oxygen atoms in total. The van der Waals surface area contributed by atoms with Gasteiger partial charge in [-0.25, -0.2) is 0 Å². The molecule has 3 rings (SSSR count). The summed E-state index contributed by atoms with van der Waals surface area (Å²) in [6.45, 7) is 10.8. The standard InChI is InChI=1S/C26H33NO3S/c1-16-12-20(13-17(2)25(16)30-26(4,5)18(3)28)22-14-27(6)15-23(22)24(29)19-8-10-21(31-7)11-9-19/h8-13,22-23H,14-15H2,1-7H3. The number of ketones is 2. The third-order valence-corrected chi connectivity index (χ3v) is 7.07. The Hall–Kier alpha value is -2.11. The lowest BCUT2D eigenvalue weighted by Gasteiger charge is -2.27. The van der Waals surface area contributed by atoms with E-state index < -0.39 is 5.60 Å². The van der Waals surface area contributed by atoms with Crippen molar-refractivity contribution in [1.29, 1.82) is 0 Å². The summed E-state index contributed by atoms with van der Waals surface area (Å²) in [6.07, 6.45) is 2.04. The maximum atomic E-state index is 13.4. The lowest BCUT2D eigenvalue weighted by Crippen LogP contribution is -2.36. The van der Waals surface area contributed by atoms with Crippen molar-refractivity contribution in [3.63, 3.8) is 0 Å². The molecule has 1 heterocycles. The zero-order valence-electron chi connectivity index (χ0n) is 19.6. The molecule has 5 heteroatoms. The van der Waals surface area contributed by atoms with Gasteiger partial charge in [-0.1, -0.05) is 24.3 Å². The van der Waals surface area contributed by atoms with Gasteiger partial charge in [-0.05, 0) is 76.7 Å². The van der Waals surface area contributed by atoms with Gasteiger partial charge in [0.2, 0.25) is 0 Å². The maximum Gasteiger partial charge on any atom is 0.172 e. The minimum Gasteiger partial charge on any atom is -0.480 e. The number of benzene rings is 2. The van der Waals surface area contributed by atoms with Crippen LogP contribution >= 0.6 is 11.8 Å². The predicted octanol–water partition coefficient (Wildman–Crippen LogP) is 5.30. The maximum absolute atomic E-state index is 13.4. The van der Waals surface area contributed by atoms with E-state index in [1.807, 2.05) is 44.4 Å². The van der Waals surface area contributed by atoms with Crippen molar-refractivity contribution < 1.29 is 14.3 Å². The molecule has 0 N–H and O–H groups in total. The van der Waals surface area contributed by atoms with Crippen LogP contribution in [0.2, 0.25) is 0 Å². The van der Waals surface area contributed by atoms with Crippen molar-refractivity contribution in [2.45, 2.75) is 51.0 Å². The molecule has 1 fully saturated rings. The Kier molecular flexibility index (Phi) is 6.97. The third-order valence-electron chi connectivity index (χ3n) is 6.33. The van der Waals surface area contributed by atoms with Crippen LogP contribution in [-0.2, 0) is 4.79 Å². The SMILES string of the molecule is CSc1ccc(C(=O)C2CN(C)CC2c2cc(C)c(OC(C)(C)C(C)=O)c(C)c2)cc1. The van der Waals surface area contributed by atoms with Gasteiger partial charge in [0.1, 0.15) is 5.75 Å². The molecule has 166 valence electrons. The summed E-state index contributed by atoms with van der Waals surface area (Å²) in [4.78, 5) is 28.7. The number of aryl methyl sites for hydroxylation is 2. The number of carbonyl (C=O) groups is 2. The Morgan fingerprint density at radius 3 is 2.16 bits per heavy atom. The fourth-order valence-electron chi connectivity index (χ4n) is 4.26. The van der Waals surface area contributed by atoms with E-state index >= 15 is 0 Å². The number of carbonyl (C=O) groups excluding carboxylic acids is 2. The molecule has 1 aliphatic rings. The van der Waals surface area contributed by atoms with Gasteiger partial charge in [-0.15, -0.1) is 11.8 Å². The van der Waals surface area contributed by atoms with Crippen LogP contribution < -0.4 is 4.74 Å². The first-order valence-corrected chi connectivity index (χ1v) is 11.9. The van der Waals surface area contributed by atoms with Crippen LogP contribution in [0.25, 0.3) is 0 Å². The van der Waals surface area contributed by atoms with E-state index in [0.29, 0.717) is 0 Å². The van der Waals surface area contributed by atoms with E-state index in [-0.39, 0.29) is 23.4 Å². The van der Waals surface area contributed by atoms with Crippen molar-refractivity contribution in [3.8, 4) is 5.75 Å². The second-order valence-corrected chi connectivity index (χ2v) is 10.1. The predicted molar refractivity (Wildman–Crippen MR) is 128 cm³/mol. The van der Waals surface area contributed by atoms with E-state index in [2.05, 4.69) is 24.1 Å². The molecule has 31 heavy (non-hydrogen) atoms. The Bertz CT molecular complexity index is 958. The summed E-state index contributed by atoms with van der Waals surface area (Å²) in [5, 5.41) is 0. The average Bonchev–Trinajstić information content (AvgIpc) is 3.11. The number of hydrogen-bond acceptors (Lipinski definition) is 5. The monoisotopic (exact) mass is 439 g/mol. The van der Waals surface area contributed by atoms with Crippen LogP contribution in [0.1, 0.15) is 53.7 Å². The molecule has 1 aliphatic heterocycles. The largest absolute Gasteiger partial charge is 0.480 e. The number of hydrogen-bond donors (Lipinski definition) is 0. The van der Waals surface area contributed by atoms with Crippen molar-refractivity contribution in [1.82, 2.24) is 4.90 Å². The third kappa shape index (κ3) is 5.04. The minimum atomic E-state index is -0.869. The Morgan fingerprint density at radius 1 is 1.06 bits per heavy atom. The Morgan fingerprint density at radius 2 is 1.65 bits per heavy atom. The molecule has 2 aromatic carbocycles. The molecule has 0 aromatic heterocycles. The molecular weight excluding hydrogens is 406 g/mol. The first kappa shape index (κ1) is 23.6. The normalized spacial score (nSPS) is 19.5. The fourth-order valence-corrected chi connectivity index (χ4v) is 4.67. The molecule has 0 spiro atoms. The topological polar surface area (TPSA) is 46.6 Å². The molecule has 0 amide bonds. The molecule has 0 bridgehead atoms. The smallest absolute Gasteiger partial charge is 0.172 e. The molecule has 2 unspecified atom stereocenters. The number of ether oxygens (including phenoxy) is 1. The number of Topliss-reactive ketones (excluding diaryl/α,β-unsaturated/α-hetero) is 2. The van der Waals surface area contributed by atoms with E-state index in [9.17, 15) is 9.59 Å². The van der Waals surface area contributed by atoms with Crippen LogP contribution in [0.5, 0.6) is 5.75 Å². The number of thioether (sulfide) groups is 1. The fraction of sp³-hybridized carbons (Fsp3) is 0.462. The van der Waals surface area contributed by atoms with Gasteiger partial charge in [0.25, 0.3) is 0 Å². The first-order valence-electron chi connectivity index (χ1n) is 10.7. The van der Waals surface area contributed by atoms with Gasteiger partial charge in [0.15, 0.2) is 17.2 Å².